The second-order valence-electron chi connectivity index (χ2n) is 5.99. The van der Waals surface area contributed by atoms with Gasteiger partial charge in [0.1, 0.15) is 12.4 Å². The molecule has 1 N–H and O–H groups in total. The van der Waals surface area contributed by atoms with Crippen molar-refractivity contribution in [1.82, 2.24) is 20.1 Å². The summed E-state index contributed by atoms with van der Waals surface area (Å²) in [6.07, 6.45) is 3.28. The Hall–Kier alpha value is -1.64. The molecule has 0 bridgehead atoms. The summed E-state index contributed by atoms with van der Waals surface area (Å²) >= 11 is 0. The topological polar surface area (TPSA) is 58.3 Å². The van der Waals surface area contributed by atoms with E-state index >= 15 is 0 Å². The molecule has 2 aromatic rings. The van der Waals surface area contributed by atoms with E-state index in [0.29, 0.717) is 6.54 Å². The highest BCUT2D eigenvalue weighted by Gasteiger charge is 2.23. The molecular formula is C17H23IN6. The van der Waals surface area contributed by atoms with Crippen molar-refractivity contribution in [3.8, 4) is 0 Å². The number of aliphatic imine (C=N–C) groups is 1. The van der Waals surface area contributed by atoms with E-state index in [1.807, 2.05) is 0 Å². The van der Waals surface area contributed by atoms with Crippen molar-refractivity contribution < 1.29 is 0 Å². The lowest BCUT2D eigenvalue weighted by Crippen LogP contribution is -2.40. The SMILES string of the molecule is CCNC(=NCc1nnc2n1CCC2)N1CCc2ccccc21.I. The Bertz CT molecular complexity index is 738. The molecule has 0 aliphatic carbocycles. The van der Waals surface area contributed by atoms with Gasteiger partial charge in [0.15, 0.2) is 11.8 Å². The van der Waals surface area contributed by atoms with Crippen LogP contribution in [0.1, 0.15) is 30.6 Å². The highest BCUT2D eigenvalue weighted by Crippen LogP contribution is 2.27. The number of nitrogens with zero attached hydrogens (tertiary/aromatic N) is 5. The van der Waals surface area contributed by atoms with Crippen molar-refractivity contribution >= 4 is 35.6 Å². The van der Waals surface area contributed by atoms with E-state index < -0.39 is 0 Å². The van der Waals surface area contributed by atoms with Crippen LogP contribution in [0, 0.1) is 0 Å². The number of fused-ring (bicyclic) bond motifs is 2. The molecule has 0 fully saturated rings. The first-order valence-corrected chi connectivity index (χ1v) is 8.41. The maximum Gasteiger partial charge on any atom is 0.198 e. The zero-order valence-corrected chi connectivity index (χ0v) is 16.2. The van der Waals surface area contributed by atoms with Crippen LogP contribution in [0.3, 0.4) is 0 Å². The Morgan fingerprint density at radius 1 is 1.21 bits per heavy atom. The van der Waals surface area contributed by atoms with E-state index in [2.05, 4.69) is 56.2 Å². The Labute approximate surface area is 159 Å². The molecule has 0 spiro atoms. The maximum absolute atomic E-state index is 4.82. The number of anilines is 1. The summed E-state index contributed by atoms with van der Waals surface area (Å²) in [5.74, 6) is 3.01. The molecule has 4 rings (SSSR count). The molecule has 0 radical (unpaired) electrons. The molecule has 6 nitrogen and oxygen atoms in total. The lowest BCUT2D eigenvalue weighted by molar-refractivity contribution is 0.686. The van der Waals surface area contributed by atoms with Gasteiger partial charge in [-0.1, -0.05) is 18.2 Å². The van der Waals surface area contributed by atoms with Crippen molar-refractivity contribution in [3.63, 3.8) is 0 Å². The number of aromatic nitrogens is 3. The number of para-hydroxylation sites is 1. The van der Waals surface area contributed by atoms with E-state index in [1.165, 1.54) is 17.7 Å². The number of halogens is 1. The van der Waals surface area contributed by atoms with E-state index in [4.69, 9.17) is 4.99 Å². The van der Waals surface area contributed by atoms with Crippen LogP contribution in [0.2, 0.25) is 0 Å². The van der Waals surface area contributed by atoms with E-state index in [1.54, 1.807) is 0 Å². The average Bonchev–Trinajstić information content (AvgIpc) is 3.27. The van der Waals surface area contributed by atoms with Gasteiger partial charge in [-0.3, -0.25) is 0 Å². The van der Waals surface area contributed by atoms with Crippen molar-refractivity contribution in [3.05, 3.63) is 41.5 Å². The fourth-order valence-corrected chi connectivity index (χ4v) is 3.43. The number of aryl methyl sites for hydroxylation is 1. The standard InChI is InChI=1S/C17H22N6.HI/c1-2-18-17(22-11-9-13-6-3-4-7-14(13)22)19-12-16-21-20-15-8-5-10-23(15)16;/h3-4,6-7H,2,5,8-12H2,1H3,(H,18,19);1H. The molecule has 2 aliphatic rings. The monoisotopic (exact) mass is 438 g/mol. The highest BCUT2D eigenvalue weighted by molar-refractivity contribution is 14.0. The maximum atomic E-state index is 4.82. The third-order valence-electron chi connectivity index (χ3n) is 4.53. The van der Waals surface area contributed by atoms with Gasteiger partial charge in [0, 0.05) is 31.7 Å². The molecule has 0 amide bonds. The number of nitrogens with one attached hydrogen (secondary N) is 1. The molecule has 7 heteroatoms. The zero-order valence-electron chi connectivity index (χ0n) is 13.9. The van der Waals surface area contributed by atoms with Crippen molar-refractivity contribution in [2.24, 2.45) is 4.99 Å². The Balaban J connectivity index is 0.00000169. The minimum absolute atomic E-state index is 0. The lowest BCUT2D eigenvalue weighted by Gasteiger charge is -2.22. The van der Waals surface area contributed by atoms with Crippen molar-refractivity contribution in [2.75, 3.05) is 18.0 Å². The van der Waals surface area contributed by atoms with Crippen LogP contribution in [0.5, 0.6) is 0 Å². The van der Waals surface area contributed by atoms with E-state index in [9.17, 15) is 0 Å². The molecule has 1 aromatic carbocycles. The van der Waals surface area contributed by atoms with Gasteiger partial charge in [-0.2, -0.15) is 0 Å². The Morgan fingerprint density at radius 2 is 2.08 bits per heavy atom. The van der Waals surface area contributed by atoms with Gasteiger partial charge in [-0.15, -0.1) is 34.2 Å². The van der Waals surface area contributed by atoms with Gasteiger partial charge < -0.3 is 14.8 Å². The quantitative estimate of drug-likeness (QED) is 0.454. The second-order valence-corrected chi connectivity index (χ2v) is 5.99. The summed E-state index contributed by atoms with van der Waals surface area (Å²) in [5.41, 5.74) is 2.65. The number of benzene rings is 1. The summed E-state index contributed by atoms with van der Waals surface area (Å²) in [5, 5.41) is 12.0. The first kappa shape index (κ1) is 17.2. The number of hydrogen-bond acceptors (Lipinski definition) is 3. The lowest BCUT2D eigenvalue weighted by atomic mass is 10.2. The van der Waals surface area contributed by atoms with Gasteiger partial charge in [0.25, 0.3) is 0 Å². The normalized spacial score (nSPS) is 15.9. The van der Waals surface area contributed by atoms with Crippen LogP contribution in [-0.4, -0.2) is 33.8 Å². The minimum Gasteiger partial charge on any atom is -0.356 e. The van der Waals surface area contributed by atoms with E-state index in [-0.39, 0.29) is 24.0 Å². The number of guanidine groups is 1. The smallest absolute Gasteiger partial charge is 0.198 e. The molecule has 1 aromatic heterocycles. The first-order chi connectivity index (χ1) is 11.4. The third kappa shape index (κ3) is 3.13. The van der Waals surface area contributed by atoms with E-state index in [0.717, 1.165) is 50.1 Å². The van der Waals surface area contributed by atoms with Crippen molar-refractivity contribution in [1.29, 1.82) is 0 Å². The minimum atomic E-state index is 0. The Kier molecular flexibility index (Phi) is 5.37. The fraction of sp³-hybridized carbons (Fsp3) is 0.471. The summed E-state index contributed by atoms with van der Waals surface area (Å²) in [7, 11) is 0. The summed E-state index contributed by atoms with van der Waals surface area (Å²) in [6.45, 7) is 5.54. The molecule has 0 unspecified atom stereocenters. The van der Waals surface area contributed by atoms with Crippen LogP contribution in [0.25, 0.3) is 0 Å². The van der Waals surface area contributed by atoms with Gasteiger partial charge in [0.2, 0.25) is 0 Å². The third-order valence-corrected chi connectivity index (χ3v) is 4.53. The van der Waals surface area contributed by atoms with Crippen molar-refractivity contribution in [2.45, 2.75) is 39.3 Å². The molecule has 3 heterocycles. The number of hydrogen-bond donors (Lipinski definition) is 1. The summed E-state index contributed by atoms with van der Waals surface area (Å²) < 4.78 is 2.21. The molecular weight excluding hydrogens is 415 g/mol. The summed E-state index contributed by atoms with van der Waals surface area (Å²) in [6, 6.07) is 8.56. The Morgan fingerprint density at radius 3 is 2.96 bits per heavy atom. The highest BCUT2D eigenvalue weighted by atomic mass is 127. The van der Waals surface area contributed by atoms with Gasteiger partial charge in [-0.25, -0.2) is 4.99 Å². The van der Waals surface area contributed by atoms with Crippen LogP contribution in [0.15, 0.2) is 29.3 Å². The fourth-order valence-electron chi connectivity index (χ4n) is 3.43. The molecule has 0 saturated carbocycles. The molecule has 128 valence electrons. The summed E-state index contributed by atoms with van der Waals surface area (Å²) in [4.78, 5) is 7.10. The van der Waals surface area contributed by atoms with Gasteiger partial charge in [-0.05, 0) is 31.4 Å². The molecule has 2 aliphatic heterocycles. The first-order valence-electron chi connectivity index (χ1n) is 8.41. The molecule has 0 atom stereocenters. The van der Waals surface area contributed by atoms with Crippen LogP contribution >= 0.6 is 24.0 Å². The van der Waals surface area contributed by atoms with Crippen LogP contribution < -0.4 is 10.2 Å². The van der Waals surface area contributed by atoms with Gasteiger partial charge >= 0.3 is 0 Å². The largest absolute Gasteiger partial charge is 0.356 e. The number of rotatable bonds is 3. The average molecular weight is 438 g/mol. The van der Waals surface area contributed by atoms with Crippen LogP contribution in [0.4, 0.5) is 5.69 Å². The molecule has 24 heavy (non-hydrogen) atoms. The second kappa shape index (κ2) is 7.50. The van der Waals surface area contributed by atoms with Crippen LogP contribution in [-0.2, 0) is 25.9 Å². The van der Waals surface area contributed by atoms with Gasteiger partial charge in [0.05, 0.1) is 0 Å². The predicted molar refractivity (Wildman–Crippen MR) is 106 cm³/mol. The predicted octanol–water partition coefficient (Wildman–Crippen LogP) is 2.37. The zero-order chi connectivity index (χ0) is 15.6. The molecule has 0 saturated heterocycles.